The third-order valence-electron chi connectivity index (χ3n) is 2.02. The quantitative estimate of drug-likeness (QED) is 0.575. The topological polar surface area (TPSA) is 67.5 Å². The molecule has 0 aromatic carbocycles. The van der Waals surface area contributed by atoms with E-state index in [4.69, 9.17) is 5.73 Å². The van der Waals surface area contributed by atoms with E-state index in [0.29, 0.717) is 5.92 Å². The Morgan fingerprint density at radius 3 is 2.93 bits per heavy atom. The first kappa shape index (κ1) is 9.21. The summed E-state index contributed by atoms with van der Waals surface area (Å²) in [5, 5.41) is 6.03. The predicted molar refractivity (Wildman–Crippen MR) is 56.3 cm³/mol. The number of amides is 2. The van der Waals surface area contributed by atoms with Gasteiger partial charge in [0.25, 0.3) is 0 Å². The Kier molecular flexibility index (Phi) is 2.49. The van der Waals surface area contributed by atoms with E-state index in [1.807, 2.05) is 17.5 Å². The van der Waals surface area contributed by atoms with Crippen LogP contribution in [-0.4, -0.2) is 11.7 Å². The molecule has 0 radical (unpaired) electrons. The van der Waals surface area contributed by atoms with E-state index in [1.165, 1.54) is 0 Å². The van der Waals surface area contributed by atoms with E-state index in [-0.39, 0.29) is 0 Å². The minimum absolute atomic E-state index is 0.500. The van der Waals surface area contributed by atoms with Crippen molar-refractivity contribution in [3.8, 4) is 0 Å². The van der Waals surface area contributed by atoms with Crippen LogP contribution in [0.25, 0.3) is 0 Å². The van der Waals surface area contributed by atoms with E-state index in [2.05, 4.69) is 10.5 Å². The number of hydrogen-bond acceptors (Lipinski definition) is 3. The zero-order valence-electron chi connectivity index (χ0n) is 7.56. The zero-order valence-corrected chi connectivity index (χ0v) is 8.38. The van der Waals surface area contributed by atoms with Crippen LogP contribution >= 0.6 is 11.3 Å². The van der Waals surface area contributed by atoms with E-state index < -0.39 is 6.03 Å². The molecule has 3 N–H and O–H groups in total. The second-order valence-corrected chi connectivity index (χ2v) is 4.17. The fourth-order valence-electron chi connectivity index (χ4n) is 1.24. The van der Waals surface area contributed by atoms with Gasteiger partial charge in [-0.25, -0.2) is 10.2 Å². The molecule has 1 fully saturated rings. The lowest BCUT2D eigenvalue weighted by Crippen LogP contribution is -2.26. The average molecular weight is 209 g/mol. The van der Waals surface area contributed by atoms with Crippen molar-refractivity contribution in [1.29, 1.82) is 0 Å². The molecule has 74 valence electrons. The predicted octanol–water partition coefficient (Wildman–Crippen LogP) is 1.53. The Bertz CT molecular complexity index is 354. The number of urea groups is 1. The number of carbonyl (C=O) groups is 1. The lowest BCUT2D eigenvalue weighted by molar-refractivity contribution is 0.249. The molecule has 1 saturated carbocycles. The van der Waals surface area contributed by atoms with Crippen molar-refractivity contribution in [3.63, 3.8) is 0 Å². The molecule has 0 spiro atoms. The van der Waals surface area contributed by atoms with Crippen LogP contribution in [0.2, 0.25) is 0 Å². The maximum Gasteiger partial charge on any atom is 0.332 e. The molecule has 0 unspecified atom stereocenters. The summed E-state index contributed by atoms with van der Waals surface area (Å²) in [6, 6.07) is 3.37. The minimum Gasteiger partial charge on any atom is -0.350 e. The molecule has 1 aromatic heterocycles. The molecule has 14 heavy (non-hydrogen) atoms. The van der Waals surface area contributed by atoms with Gasteiger partial charge < -0.3 is 5.73 Å². The highest BCUT2D eigenvalue weighted by molar-refractivity contribution is 7.12. The maximum absolute atomic E-state index is 10.5. The van der Waals surface area contributed by atoms with Gasteiger partial charge in [-0.2, -0.15) is 5.10 Å². The molecule has 2 amide bonds. The van der Waals surface area contributed by atoms with Crippen molar-refractivity contribution >= 4 is 23.1 Å². The first-order valence-electron chi connectivity index (χ1n) is 4.44. The summed E-state index contributed by atoms with van der Waals surface area (Å²) in [6.45, 7) is 0. The summed E-state index contributed by atoms with van der Waals surface area (Å²) in [4.78, 5) is 11.6. The van der Waals surface area contributed by atoms with Crippen LogP contribution in [0.15, 0.2) is 22.6 Å². The number of nitrogens with two attached hydrogens (primary N) is 1. The van der Waals surface area contributed by atoms with Crippen LogP contribution in [-0.2, 0) is 0 Å². The van der Waals surface area contributed by atoms with Crippen LogP contribution in [0.4, 0.5) is 4.79 Å². The number of nitrogens with zero attached hydrogens (tertiary/aromatic N) is 1. The summed E-state index contributed by atoms with van der Waals surface area (Å²) >= 11 is 1.63. The monoisotopic (exact) mass is 209 g/mol. The minimum atomic E-state index is -0.611. The van der Waals surface area contributed by atoms with Gasteiger partial charge in [0.15, 0.2) is 0 Å². The number of carbonyl (C=O) groups excluding carboxylic acids is 1. The van der Waals surface area contributed by atoms with Gasteiger partial charge in [-0.1, -0.05) is 6.07 Å². The molecule has 4 nitrogen and oxygen atoms in total. The Labute approximate surface area is 85.8 Å². The molecule has 5 heteroatoms. The second kappa shape index (κ2) is 3.79. The van der Waals surface area contributed by atoms with E-state index in [1.54, 1.807) is 11.3 Å². The molecule has 0 bridgehead atoms. The van der Waals surface area contributed by atoms with Gasteiger partial charge in [0.1, 0.15) is 0 Å². The highest BCUT2D eigenvalue weighted by atomic mass is 32.1. The third-order valence-corrected chi connectivity index (χ3v) is 2.92. The number of nitrogens with one attached hydrogen (secondary N) is 1. The van der Waals surface area contributed by atoms with Gasteiger partial charge >= 0.3 is 6.03 Å². The molecule has 1 aliphatic carbocycles. The third kappa shape index (κ3) is 2.11. The van der Waals surface area contributed by atoms with Gasteiger partial charge in [-0.3, -0.25) is 0 Å². The SMILES string of the molecule is NC(=O)NN=C(c1cccs1)C1CC1. The molecule has 1 aliphatic rings. The standard InChI is InChI=1S/C9H11N3OS/c10-9(13)12-11-8(6-3-4-6)7-2-1-5-14-7/h1-2,5-6H,3-4H2,(H3,10,12,13). The first-order valence-corrected chi connectivity index (χ1v) is 5.32. The number of rotatable bonds is 3. The lowest BCUT2D eigenvalue weighted by atomic mass is 10.2. The molecule has 0 aliphatic heterocycles. The highest BCUT2D eigenvalue weighted by Crippen LogP contribution is 2.34. The van der Waals surface area contributed by atoms with Crippen LogP contribution in [0.3, 0.4) is 0 Å². The van der Waals surface area contributed by atoms with Gasteiger partial charge in [0.05, 0.1) is 10.6 Å². The van der Waals surface area contributed by atoms with Crippen LogP contribution in [0.5, 0.6) is 0 Å². The maximum atomic E-state index is 10.5. The van der Waals surface area contributed by atoms with E-state index in [0.717, 1.165) is 23.4 Å². The zero-order chi connectivity index (χ0) is 9.97. The summed E-state index contributed by atoms with van der Waals surface area (Å²) in [5.41, 5.74) is 8.21. The summed E-state index contributed by atoms with van der Waals surface area (Å²) in [6.07, 6.45) is 2.30. The average Bonchev–Trinajstić information content (AvgIpc) is 2.81. The smallest absolute Gasteiger partial charge is 0.332 e. The van der Waals surface area contributed by atoms with Crippen molar-refractivity contribution in [1.82, 2.24) is 5.43 Å². The van der Waals surface area contributed by atoms with Crippen LogP contribution < -0.4 is 11.2 Å². The summed E-state index contributed by atoms with van der Waals surface area (Å²) in [5.74, 6) is 0.500. The number of thiophene rings is 1. The molecule has 1 aromatic rings. The van der Waals surface area contributed by atoms with Gasteiger partial charge in [0.2, 0.25) is 0 Å². The number of primary amides is 1. The largest absolute Gasteiger partial charge is 0.350 e. The summed E-state index contributed by atoms with van der Waals surface area (Å²) < 4.78 is 0. The van der Waals surface area contributed by atoms with Crippen LogP contribution in [0, 0.1) is 5.92 Å². The molecule has 1 heterocycles. The molecule has 0 atom stereocenters. The van der Waals surface area contributed by atoms with E-state index in [9.17, 15) is 4.79 Å². The Morgan fingerprint density at radius 1 is 1.64 bits per heavy atom. The van der Waals surface area contributed by atoms with Crippen molar-refractivity contribution in [2.45, 2.75) is 12.8 Å². The fraction of sp³-hybridized carbons (Fsp3) is 0.333. The normalized spacial score (nSPS) is 16.7. The Balaban J connectivity index is 2.15. The van der Waals surface area contributed by atoms with Gasteiger partial charge in [-0.05, 0) is 24.3 Å². The number of hydrazone groups is 1. The van der Waals surface area contributed by atoms with Crippen molar-refractivity contribution < 1.29 is 4.79 Å². The van der Waals surface area contributed by atoms with Crippen molar-refractivity contribution in [2.75, 3.05) is 0 Å². The molecular weight excluding hydrogens is 198 g/mol. The first-order chi connectivity index (χ1) is 6.77. The Morgan fingerprint density at radius 2 is 2.43 bits per heavy atom. The second-order valence-electron chi connectivity index (χ2n) is 3.22. The Hall–Kier alpha value is -1.36. The molecule has 0 saturated heterocycles. The van der Waals surface area contributed by atoms with E-state index >= 15 is 0 Å². The van der Waals surface area contributed by atoms with Crippen molar-refractivity contribution in [3.05, 3.63) is 22.4 Å². The van der Waals surface area contributed by atoms with Gasteiger partial charge in [0, 0.05) is 5.92 Å². The lowest BCUT2D eigenvalue weighted by Gasteiger charge is -2.01. The highest BCUT2D eigenvalue weighted by Gasteiger charge is 2.29. The summed E-state index contributed by atoms with van der Waals surface area (Å²) in [7, 11) is 0. The number of hydrogen-bond donors (Lipinski definition) is 2. The fourth-order valence-corrected chi connectivity index (χ4v) is 2.04. The molecular formula is C9H11N3OS. The molecule has 2 rings (SSSR count). The van der Waals surface area contributed by atoms with Crippen LogP contribution in [0.1, 0.15) is 17.7 Å². The van der Waals surface area contributed by atoms with Crippen molar-refractivity contribution in [2.24, 2.45) is 16.8 Å². The van der Waals surface area contributed by atoms with Gasteiger partial charge in [-0.15, -0.1) is 11.3 Å².